The Morgan fingerprint density at radius 3 is 2.28 bits per heavy atom. The Bertz CT molecular complexity index is 656. The van der Waals surface area contributed by atoms with Crippen molar-refractivity contribution in [2.24, 2.45) is 0 Å². The summed E-state index contributed by atoms with van der Waals surface area (Å²) in [5.41, 5.74) is 0.418. The average Bonchev–Trinajstić information content (AvgIpc) is 2.87. The lowest BCUT2D eigenvalue weighted by Gasteiger charge is -2.44. The molecule has 0 spiro atoms. The van der Waals surface area contributed by atoms with Crippen molar-refractivity contribution in [3.63, 3.8) is 0 Å². The number of carbonyl (C=O) groups is 2. The van der Waals surface area contributed by atoms with Crippen LogP contribution in [-0.4, -0.2) is 75.9 Å². The van der Waals surface area contributed by atoms with Gasteiger partial charge in [-0.2, -0.15) is 0 Å². The summed E-state index contributed by atoms with van der Waals surface area (Å²) in [6.07, 6.45) is -3.90. The lowest BCUT2D eigenvalue weighted by atomic mass is 9.95. The Morgan fingerprint density at radius 2 is 1.76 bits per heavy atom. The minimum atomic E-state index is -1.54. The van der Waals surface area contributed by atoms with E-state index >= 15 is 0 Å². The van der Waals surface area contributed by atoms with Gasteiger partial charge in [-0.1, -0.05) is 18.2 Å². The monoisotopic (exact) mass is 349 g/mol. The van der Waals surface area contributed by atoms with E-state index < -0.39 is 49.1 Å². The number of hydrogen-bond acceptors (Lipinski definition) is 7. The van der Waals surface area contributed by atoms with Crippen molar-refractivity contribution in [1.29, 1.82) is 0 Å². The molecule has 2 aliphatic rings. The second kappa shape index (κ2) is 7.03. The fourth-order valence-electron chi connectivity index (χ4n) is 3.12. The van der Waals surface area contributed by atoms with Gasteiger partial charge in [-0.05, 0) is 12.1 Å². The maximum Gasteiger partial charge on any atom is 0.262 e. The third-order valence-corrected chi connectivity index (χ3v) is 4.35. The third kappa shape index (κ3) is 2.88. The van der Waals surface area contributed by atoms with Crippen LogP contribution in [0, 0.1) is 0 Å². The van der Waals surface area contributed by atoms with E-state index in [-0.39, 0.29) is 17.7 Å². The number of nitrogens with zero attached hydrogens (tertiary/aromatic N) is 1. The number of ether oxygens (including phenoxy) is 2. The molecule has 8 heteroatoms. The summed E-state index contributed by atoms with van der Waals surface area (Å²) >= 11 is 0. The summed E-state index contributed by atoms with van der Waals surface area (Å²) in [7, 11) is 0. The first-order valence-corrected chi connectivity index (χ1v) is 7.83. The molecule has 2 aliphatic heterocycles. The lowest BCUT2D eigenvalue weighted by Crippen LogP contribution is -2.65. The highest BCUT2D eigenvalue weighted by molar-refractivity contribution is 6.21. The normalized spacial score (nSPS) is 32.0. The van der Waals surface area contributed by atoms with E-state index in [2.05, 4.69) is 6.58 Å². The van der Waals surface area contributed by atoms with Crippen LogP contribution in [0.25, 0.3) is 0 Å². The van der Waals surface area contributed by atoms with Crippen LogP contribution >= 0.6 is 0 Å². The molecular weight excluding hydrogens is 330 g/mol. The van der Waals surface area contributed by atoms with Crippen LogP contribution in [-0.2, 0) is 9.47 Å². The summed E-state index contributed by atoms with van der Waals surface area (Å²) in [5, 5.41) is 29.9. The van der Waals surface area contributed by atoms with Crippen LogP contribution in [0.3, 0.4) is 0 Å². The summed E-state index contributed by atoms with van der Waals surface area (Å²) < 4.78 is 10.9. The number of rotatable bonds is 5. The van der Waals surface area contributed by atoms with Crippen molar-refractivity contribution >= 4 is 11.8 Å². The van der Waals surface area contributed by atoms with Crippen molar-refractivity contribution in [3.8, 4) is 0 Å². The van der Waals surface area contributed by atoms with Crippen molar-refractivity contribution in [2.45, 2.75) is 30.6 Å². The van der Waals surface area contributed by atoms with Crippen LogP contribution in [0.15, 0.2) is 36.9 Å². The molecule has 0 radical (unpaired) electrons. The van der Waals surface area contributed by atoms with Gasteiger partial charge in [0.25, 0.3) is 11.8 Å². The van der Waals surface area contributed by atoms with Crippen LogP contribution in [0.2, 0.25) is 0 Å². The largest absolute Gasteiger partial charge is 0.394 e. The molecule has 134 valence electrons. The highest BCUT2D eigenvalue weighted by Crippen LogP contribution is 2.32. The maximum atomic E-state index is 12.7. The Morgan fingerprint density at radius 1 is 1.16 bits per heavy atom. The Labute approximate surface area is 143 Å². The molecule has 1 aromatic rings. The number of aliphatic hydroxyl groups excluding tert-OH is 3. The second-order valence-corrected chi connectivity index (χ2v) is 5.85. The van der Waals surface area contributed by atoms with Crippen molar-refractivity contribution < 1.29 is 34.4 Å². The molecule has 2 heterocycles. The summed E-state index contributed by atoms with van der Waals surface area (Å²) in [4.78, 5) is 26.2. The van der Waals surface area contributed by atoms with Crippen LogP contribution < -0.4 is 0 Å². The first-order chi connectivity index (χ1) is 12.0. The van der Waals surface area contributed by atoms with E-state index in [4.69, 9.17) is 9.47 Å². The fraction of sp³-hybridized carbons (Fsp3) is 0.412. The lowest BCUT2D eigenvalue weighted by molar-refractivity contribution is -0.276. The average molecular weight is 349 g/mol. The third-order valence-electron chi connectivity index (χ3n) is 4.35. The van der Waals surface area contributed by atoms with Crippen LogP contribution in [0.5, 0.6) is 0 Å². The first-order valence-electron chi connectivity index (χ1n) is 7.83. The molecule has 1 fully saturated rings. The number of imide groups is 1. The molecule has 3 N–H and O–H groups in total. The first kappa shape index (κ1) is 17.7. The summed E-state index contributed by atoms with van der Waals surface area (Å²) in [6, 6.07) is 5.02. The Hall–Kier alpha value is -2.10. The minimum absolute atomic E-state index is 0.0330. The molecule has 0 bridgehead atoms. The Kier molecular flexibility index (Phi) is 4.98. The quantitative estimate of drug-likeness (QED) is 0.475. The molecule has 5 atom stereocenters. The van der Waals surface area contributed by atoms with Gasteiger partial charge in [0.05, 0.1) is 24.3 Å². The number of amides is 2. The standard InChI is InChI=1S/C17H19NO7/c1-2-7-24-17-12(14(21)13(20)11(8-19)25-17)18-15(22)9-5-3-4-6-10(9)16(18)23/h2-6,11-14,17,19-21H,1,7-8H2. The smallest absolute Gasteiger partial charge is 0.262 e. The number of benzene rings is 1. The zero-order valence-corrected chi connectivity index (χ0v) is 13.3. The van der Waals surface area contributed by atoms with E-state index in [9.17, 15) is 24.9 Å². The van der Waals surface area contributed by atoms with Gasteiger partial charge >= 0.3 is 0 Å². The zero-order valence-electron chi connectivity index (χ0n) is 13.3. The predicted molar refractivity (Wildman–Crippen MR) is 84.6 cm³/mol. The predicted octanol–water partition coefficient (Wildman–Crippen LogP) is -0.707. The zero-order chi connectivity index (χ0) is 18.1. The van der Waals surface area contributed by atoms with Gasteiger partial charge in [0.2, 0.25) is 0 Å². The van der Waals surface area contributed by atoms with E-state index in [1.54, 1.807) is 12.1 Å². The molecule has 1 saturated heterocycles. The van der Waals surface area contributed by atoms with Gasteiger partial charge in [0.1, 0.15) is 24.4 Å². The molecular formula is C17H19NO7. The number of hydrogen-bond donors (Lipinski definition) is 3. The van der Waals surface area contributed by atoms with Crippen molar-refractivity contribution in [1.82, 2.24) is 4.90 Å². The number of fused-ring (bicyclic) bond motifs is 1. The maximum absolute atomic E-state index is 12.7. The van der Waals surface area contributed by atoms with E-state index in [0.29, 0.717) is 0 Å². The number of carbonyl (C=O) groups excluding carboxylic acids is 2. The van der Waals surface area contributed by atoms with Gasteiger partial charge in [-0.15, -0.1) is 6.58 Å². The number of aliphatic hydroxyl groups is 3. The second-order valence-electron chi connectivity index (χ2n) is 5.85. The van der Waals surface area contributed by atoms with E-state index in [1.807, 2.05) is 0 Å². The molecule has 5 unspecified atom stereocenters. The van der Waals surface area contributed by atoms with Crippen LogP contribution in [0.4, 0.5) is 0 Å². The molecule has 1 aromatic carbocycles. The van der Waals surface area contributed by atoms with Gasteiger partial charge in [-0.3, -0.25) is 14.5 Å². The molecule has 0 aromatic heterocycles. The molecule has 25 heavy (non-hydrogen) atoms. The molecule has 0 aliphatic carbocycles. The SMILES string of the molecule is C=CCOC1OC(CO)C(O)C(O)C1N1C(=O)c2ccccc2C1=O. The molecule has 8 nitrogen and oxygen atoms in total. The van der Waals surface area contributed by atoms with Crippen LogP contribution in [0.1, 0.15) is 20.7 Å². The minimum Gasteiger partial charge on any atom is -0.394 e. The molecule has 3 rings (SSSR count). The molecule has 0 saturated carbocycles. The summed E-state index contributed by atoms with van der Waals surface area (Å²) in [6.45, 7) is 2.99. The highest BCUT2D eigenvalue weighted by Gasteiger charge is 2.53. The highest BCUT2D eigenvalue weighted by atomic mass is 16.7. The van der Waals surface area contributed by atoms with Gasteiger partial charge in [0, 0.05) is 0 Å². The van der Waals surface area contributed by atoms with E-state index in [1.165, 1.54) is 18.2 Å². The van der Waals surface area contributed by atoms with E-state index in [0.717, 1.165) is 4.90 Å². The fourth-order valence-corrected chi connectivity index (χ4v) is 3.12. The summed E-state index contributed by atoms with van der Waals surface area (Å²) in [5.74, 6) is -1.20. The van der Waals surface area contributed by atoms with Crippen molar-refractivity contribution in [3.05, 3.63) is 48.0 Å². The molecule has 2 amide bonds. The topological polar surface area (TPSA) is 117 Å². The van der Waals surface area contributed by atoms with Gasteiger partial charge < -0.3 is 24.8 Å². The van der Waals surface area contributed by atoms with Gasteiger partial charge in [-0.25, -0.2) is 0 Å². The van der Waals surface area contributed by atoms with Gasteiger partial charge in [0.15, 0.2) is 6.29 Å². The Balaban J connectivity index is 1.96. The van der Waals surface area contributed by atoms with Crippen molar-refractivity contribution in [2.75, 3.05) is 13.2 Å².